The maximum Gasteiger partial charge on any atom is 0.286 e. The van der Waals surface area contributed by atoms with Crippen molar-refractivity contribution in [2.24, 2.45) is 0 Å². The SMILES string of the molecule is O=C(CCCNC(=O)c1ccco1)NCc1nnc2n1CCCCC2. The Hall–Kier alpha value is -2.64. The van der Waals surface area contributed by atoms with Crippen molar-refractivity contribution in [1.82, 2.24) is 25.4 Å². The molecule has 0 unspecified atom stereocenters. The highest BCUT2D eigenvalue weighted by Crippen LogP contribution is 2.14. The normalized spacial score (nSPS) is 13.8. The molecule has 2 aromatic heterocycles. The van der Waals surface area contributed by atoms with Gasteiger partial charge in [0.15, 0.2) is 11.6 Å². The van der Waals surface area contributed by atoms with Gasteiger partial charge in [0.1, 0.15) is 5.82 Å². The quantitative estimate of drug-likeness (QED) is 0.739. The largest absolute Gasteiger partial charge is 0.459 e. The lowest BCUT2D eigenvalue weighted by Gasteiger charge is -2.08. The van der Waals surface area contributed by atoms with Gasteiger partial charge < -0.3 is 19.6 Å². The van der Waals surface area contributed by atoms with Crippen LogP contribution in [0.25, 0.3) is 0 Å². The number of carbonyl (C=O) groups excluding carboxylic acids is 2. The lowest BCUT2D eigenvalue weighted by Crippen LogP contribution is -2.28. The number of nitrogens with one attached hydrogen (secondary N) is 2. The highest BCUT2D eigenvalue weighted by atomic mass is 16.3. The summed E-state index contributed by atoms with van der Waals surface area (Å²) in [4.78, 5) is 23.6. The first kappa shape index (κ1) is 17.2. The van der Waals surface area contributed by atoms with Gasteiger partial charge in [-0.05, 0) is 31.4 Å². The molecule has 1 aliphatic heterocycles. The summed E-state index contributed by atoms with van der Waals surface area (Å²) in [5.41, 5.74) is 0. The molecule has 3 heterocycles. The molecule has 0 bridgehead atoms. The fourth-order valence-electron chi connectivity index (χ4n) is 2.89. The van der Waals surface area contributed by atoms with Gasteiger partial charge in [0.2, 0.25) is 5.91 Å². The summed E-state index contributed by atoms with van der Waals surface area (Å²) in [6.45, 7) is 1.74. The molecular weight excluding hydrogens is 322 g/mol. The number of aromatic nitrogens is 3. The van der Waals surface area contributed by atoms with Crippen LogP contribution in [0.2, 0.25) is 0 Å². The van der Waals surface area contributed by atoms with Gasteiger partial charge in [-0.3, -0.25) is 9.59 Å². The number of furan rings is 1. The number of nitrogens with zero attached hydrogens (tertiary/aromatic N) is 3. The number of hydrogen-bond acceptors (Lipinski definition) is 5. The molecule has 8 heteroatoms. The standard InChI is InChI=1S/C17H23N5O3/c23-16(8-4-9-18-17(24)13-6-5-11-25-13)19-12-15-21-20-14-7-2-1-3-10-22(14)15/h5-6,11H,1-4,7-10,12H2,(H,18,24)(H,19,23). The molecule has 134 valence electrons. The number of rotatable bonds is 7. The van der Waals surface area contributed by atoms with Crippen molar-refractivity contribution >= 4 is 11.8 Å². The minimum Gasteiger partial charge on any atom is -0.459 e. The third-order valence-corrected chi connectivity index (χ3v) is 4.24. The summed E-state index contributed by atoms with van der Waals surface area (Å²) in [6, 6.07) is 3.26. The Morgan fingerprint density at radius 1 is 1.20 bits per heavy atom. The lowest BCUT2D eigenvalue weighted by atomic mass is 10.2. The van der Waals surface area contributed by atoms with E-state index in [2.05, 4.69) is 25.4 Å². The summed E-state index contributed by atoms with van der Waals surface area (Å²) in [5, 5.41) is 14.0. The van der Waals surface area contributed by atoms with E-state index in [9.17, 15) is 9.59 Å². The third-order valence-electron chi connectivity index (χ3n) is 4.24. The number of aryl methyl sites for hydroxylation is 1. The van der Waals surface area contributed by atoms with E-state index in [1.807, 2.05) is 0 Å². The van der Waals surface area contributed by atoms with Crippen molar-refractivity contribution in [3.8, 4) is 0 Å². The van der Waals surface area contributed by atoms with Crippen molar-refractivity contribution in [3.05, 3.63) is 35.8 Å². The monoisotopic (exact) mass is 345 g/mol. The molecule has 0 radical (unpaired) electrons. The Morgan fingerprint density at radius 2 is 2.12 bits per heavy atom. The van der Waals surface area contributed by atoms with Gasteiger partial charge >= 0.3 is 0 Å². The van der Waals surface area contributed by atoms with Crippen molar-refractivity contribution in [2.75, 3.05) is 6.54 Å². The van der Waals surface area contributed by atoms with Crippen molar-refractivity contribution in [3.63, 3.8) is 0 Å². The van der Waals surface area contributed by atoms with Crippen LogP contribution in [0.5, 0.6) is 0 Å². The van der Waals surface area contributed by atoms with Crippen molar-refractivity contribution < 1.29 is 14.0 Å². The van der Waals surface area contributed by atoms with E-state index in [0.29, 0.717) is 25.9 Å². The fourth-order valence-corrected chi connectivity index (χ4v) is 2.89. The van der Waals surface area contributed by atoms with E-state index in [4.69, 9.17) is 4.42 Å². The smallest absolute Gasteiger partial charge is 0.286 e. The molecule has 0 atom stereocenters. The van der Waals surface area contributed by atoms with E-state index in [-0.39, 0.29) is 17.6 Å². The van der Waals surface area contributed by atoms with Crippen molar-refractivity contribution in [1.29, 1.82) is 0 Å². The number of carbonyl (C=O) groups is 2. The number of amides is 2. The van der Waals surface area contributed by atoms with Crippen LogP contribution in [0, 0.1) is 0 Å². The van der Waals surface area contributed by atoms with Crippen LogP contribution >= 0.6 is 0 Å². The lowest BCUT2D eigenvalue weighted by molar-refractivity contribution is -0.121. The predicted octanol–water partition coefficient (Wildman–Crippen LogP) is 1.42. The summed E-state index contributed by atoms with van der Waals surface area (Å²) in [6.07, 6.45) is 6.80. The minimum atomic E-state index is -0.267. The zero-order valence-electron chi connectivity index (χ0n) is 14.2. The molecule has 25 heavy (non-hydrogen) atoms. The van der Waals surface area contributed by atoms with Gasteiger partial charge in [-0.15, -0.1) is 10.2 Å². The maximum atomic E-state index is 11.9. The highest BCUT2D eigenvalue weighted by molar-refractivity contribution is 5.91. The van der Waals surface area contributed by atoms with Crippen LogP contribution in [-0.2, 0) is 24.3 Å². The molecule has 8 nitrogen and oxygen atoms in total. The summed E-state index contributed by atoms with van der Waals surface area (Å²) in [5.74, 6) is 1.78. The van der Waals surface area contributed by atoms with E-state index in [1.165, 1.54) is 12.7 Å². The van der Waals surface area contributed by atoms with Gasteiger partial charge in [0.05, 0.1) is 12.8 Å². The second kappa shape index (κ2) is 8.46. The maximum absolute atomic E-state index is 11.9. The molecule has 0 aliphatic carbocycles. The van der Waals surface area contributed by atoms with Gasteiger partial charge in [0.25, 0.3) is 5.91 Å². The van der Waals surface area contributed by atoms with E-state index in [0.717, 1.165) is 37.5 Å². The Labute approximate surface area is 146 Å². The number of hydrogen-bond donors (Lipinski definition) is 2. The van der Waals surface area contributed by atoms with Crippen LogP contribution in [0.4, 0.5) is 0 Å². The molecule has 1 aliphatic rings. The molecule has 3 rings (SSSR count). The van der Waals surface area contributed by atoms with E-state index in [1.54, 1.807) is 12.1 Å². The zero-order valence-corrected chi connectivity index (χ0v) is 14.2. The second-order valence-corrected chi connectivity index (χ2v) is 6.11. The Morgan fingerprint density at radius 3 is 2.96 bits per heavy atom. The average molecular weight is 345 g/mol. The van der Waals surface area contributed by atoms with E-state index < -0.39 is 0 Å². The van der Waals surface area contributed by atoms with Gasteiger partial charge in [-0.25, -0.2) is 0 Å². The Kier molecular flexibility index (Phi) is 5.81. The number of fused-ring (bicyclic) bond motifs is 1. The Bertz CT molecular complexity index is 708. The predicted molar refractivity (Wildman–Crippen MR) is 89.7 cm³/mol. The van der Waals surface area contributed by atoms with Crippen molar-refractivity contribution in [2.45, 2.75) is 51.6 Å². The molecule has 0 saturated heterocycles. The first-order valence-electron chi connectivity index (χ1n) is 8.73. The zero-order chi connectivity index (χ0) is 17.5. The molecule has 2 N–H and O–H groups in total. The third kappa shape index (κ3) is 4.68. The first-order chi connectivity index (χ1) is 12.2. The molecule has 0 aromatic carbocycles. The topological polar surface area (TPSA) is 102 Å². The van der Waals surface area contributed by atoms with Crippen LogP contribution in [-0.4, -0.2) is 33.1 Å². The molecule has 0 spiro atoms. The highest BCUT2D eigenvalue weighted by Gasteiger charge is 2.15. The van der Waals surface area contributed by atoms with E-state index >= 15 is 0 Å². The minimum absolute atomic E-state index is 0.0572. The average Bonchev–Trinajstić information content (AvgIpc) is 3.22. The first-order valence-corrected chi connectivity index (χ1v) is 8.73. The molecule has 2 aromatic rings. The molecular formula is C17H23N5O3. The summed E-state index contributed by atoms with van der Waals surface area (Å²) in [7, 11) is 0. The van der Waals surface area contributed by atoms with Gasteiger partial charge in [-0.2, -0.15) is 0 Å². The van der Waals surface area contributed by atoms with Crippen LogP contribution in [0.15, 0.2) is 22.8 Å². The van der Waals surface area contributed by atoms with Crippen LogP contribution in [0.1, 0.15) is 54.3 Å². The van der Waals surface area contributed by atoms with Crippen LogP contribution in [0.3, 0.4) is 0 Å². The Balaban J connectivity index is 1.36. The molecule has 0 saturated carbocycles. The van der Waals surface area contributed by atoms with Gasteiger partial charge in [-0.1, -0.05) is 6.42 Å². The summed E-state index contributed by atoms with van der Waals surface area (Å²) >= 11 is 0. The second-order valence-electron chi connectivity index (χ2n) is 6.11. The van der Waals surface area contributed by atoms with Crippen LogP contribution < -0.4 is 10.6 Å². The van der Waals surface area contributed by atoms with Gasteiger partial charge in [0, 0.05) is 25.9 Å². The fraction of sp³-hybridized carbons (Fsp3) is 0.529. The molecule has 2 amide bonds. The summed E-state index contributed by atoms with van der Waals surface area (Å²) < 4.78 is 7.12. The molecule has 0 fully saturated rings.